The first-order valence-corrected chi connectivity index (χ1v) is 9.06. The SMILES string of the molecule is O=C(O)CC1C[C@H](O)CN1C(=O)OCC1c2ccccc2-c2ccccc21. The topological polar surface area (TPSA) is 87.1 Å². The average Bonchev–Trinajstić information content (AvgIpc) is 3.17. The number of aliphatic hydroxyl groups is 1. The number of amides is 1. The Morgan fingerprint density at radius 3 is 2.22 bits per heavy atom. The number of carboxylic acid groups (broad SMARTS) is 1. The standard InChI is InChI=1S/C21H21NO5/c23-14-9-13(10-20(24)25)22(11-14)21(26)27-12-19-17-7-3-1-5-15(17)16-6-2-4-8-18(16)19/h1-8,13-14,19,23H,9-12H2,(H,24,25)/t13?,14-/m0/s1. The number of hydrogen-bond donors (Lipinski definition) is 2. The van der Waals surface area contributed by atoms with Gasteiger partial charge in [-0.05, 0) is 28.7 Å². The minimum atomic E-state index is -0.995. The van der Waals surface area contributed by atoms with E-state index in [2.05, 4.69) is 12.1 Å². The summed E-state index contributed by atoms with van der Waals surface area (Å²) in [5.74, 6) is -1.04. The van der Waals surface area contributed by atoms with Gasteiger partial charge < -0.3 is 19.8 Å². The quantitative estimate of drug-likeness (QED) is 0.868. The molecule has 6 nitrogen and oxygen atoms in total. The van der Waals surface area contributed by atoms with Gasteiger partial charge in [-0.15, -0.1) is 0 Å². The van der Waals surface area contributed by atoms with Crippen LogP contribution in [0, 0.1) is 0 Å². The molecule has 0 spiro atoms. The second kappa shape index (κ2) is 7.04. The van der Waals surface area contributed by atoms with Crippen LogP contribution in [-0.4, -0.2) is 52.5 Å². The van der Waals surface area contributed by atoms with Crippen LogP contribution in [0.2, 0.25) is 0 Å². The van der Waals surface area contributed by atoms with Gasteiger partial charge in [0.05, 0.1) is 19.1 Å². The highest BCUT2D eigenvalue weighted by molar-refractivity contribution is 5.79. The minimum Gasteiger partial charge on any atom is -0.481 e. The number of benzene rings is 2. The summed E-state index contributed by atoms with van der Waals surface area (Å²) in [7, 11) is 0. The molecule has 1 aliphatic carbocycles. The molecular weight excluding hydrogens is 346 g/mol. The smallest absolute Gasteiger partial charge is 0.410 e. The largest absolute Gasteiger partial charge is 0.481 e. The fourth-order valence-electron chi connectivity index (χ4n) is 4.19. The molecule has 4 rings (SSSR count). The third-order valence-electron chi connectivity index (χ3n) is 5.37. The van der Waals surface area contributed by atoms with Crippen LogP contribution < -0.4 is 0 Å². The highest BCUT2D eigenvalue weighted by atomic mass is 16.6. The number of ether oxygens (including phenoxy) is 1. The van der Waals surface area contributed by atoms with Gasteiger partial charge in [-0.1, -0.05) is 48.5 Å². The lowest BCUT2D eigenvalue weighted by atomic mass is 9.98. The van der Waals surface area contributed by atoms with Crippen molar-refractivity contribution in [1.82, 2.24) is 4.90 Å². The van der Waals surface area contributed by atoms with Crippen LogP contribution in [0.5, 0.6) is 0 Å². The van der Waals surface area contributed by atoms with Gasteiger partial charge in [-0.3, -0.25) is 4.79 Å². The van der Waals surface area contributed by atoms with Crippen molar-refractivity contribution in [1.29, 1.82) is 0 Å². The Balaban J connectivity index is 1.50. The highest BCUT2D eigenvalue weighted by Crippen LogP contribution is 2.44. The predicted molar refractivity (Wildman–Crippen MR) is 98.4 cm³/mol. The zero-order valence-electron chi connectivity index (χ0n) is 14.7. The van der Waals surface area contributed by atoms with E-state index in [1.165, 1.54) is 4.90 Å². The third kappa shape index (κ3) is 3.28. The Labute approximate surface area is 157 Å². The molecule has 0 radical (unpaired) electrons. The number of aliphatic hydroxyl groups excluding tert-OH is 1. The Kier molecular flexibility index (Phi) is 4.58. The average molecular weight is 367 g/mol. The molecule has 140 valence electrons. The van der Waals surface area contributed by atoms with Crippen molar-refractivity contribution in [2.24, 2.45) is 0 Å². The molecular formula is C21H21NO5. The summed E-state index contributed by atoms with van der Waals surface area (Å²) in [6.07, 6.45) is -1.22. The summed E-state index contributed by atoms with van der Waals surface area (Å²) >= 11 is 0. The lowest BCUT2D eigenvalue weighted by Gasteiger charge is -2.23. The van der Waals surface area contributed by atoms with Crippen LogP contribution in [0.3, 0.4) is 0 Å². The summed E-state index contributed by atoms with van der Waals surface area (Å²) in [5, 5.41) is 18.8. The van der Waals surface area contributed by atoms with Gasteiger partial charge in [0.2, 0.25) is 0 Å². The number of hydrogen-bond acceptors (Lipinski definition) is 4. The first-order chi connectivity index (χ1) is 13.0. The van der Waals surface area contributed by atoms with E-state index in [1.54, 1.807) is 0 Å². The third-order valence-corrected chi connectivity index (χ3v) is 5.37. The zero-order valence-corrected chi connectivity index (χ0v) is 14.7. The van der Waals surface area contributed by atoms with Gasteiger partial charge in [-0.2, -0.15) is 0 Å². The lowest BCUT2D eigenvalue weighted by Crippen LogP contribution is -2.38. The lowest BCUT2D eigenvalue weighted by molar-refractivity contribution is -0.138. The first kappa shape index (κ1) is 17.5. The summed E-state index contributed by atoms with van der Waals surface area (Å²) in [4.78, 5) is 24.9. The zero-order chi connectivity index (χ0) is 19.0. The van der Waals surface area contributed by atoms with E-state index in [0.717, 1.165) is 22.3 Å². The van der Waals surface area contributed by atoms with E-state index in [-0.39, 0.29) is 31.9 Å². The van der Waals surface area contributed by atoms with Gasteiger partial charge >= 0.3 is 12.1 Å². The number of likely N-dealkylation sites (tertiary alicyclic amines) is 1. The van der Waals surface area contributed by atoms with Crippen LogP contribution in [0.4, 0.5) is 4.79 Å². The molecule has 2 aromatic carbocycles. The molecule has 2 atom stereocenters. The van der Waals surface area contributed by atoms with Crippen molar-refractivity contribution in [3.8, 4) is 11.1 Å². The van der Waals surface area contributed by atoms with Crippen LogP contribution >= 0.6 is 0 Å². The van der Waals surface area contributed by atoms with Gasteiger partial charge in [0, 0.05) is 12.0 Å². The first-order valence-electron chi connectivity index (χ1n) is 9.06. The van der Waals surface area contributed by atoms with Gasteiger partial charge in [0.15, 0.2) is 0 Å². The van der Waals surface area contributed by atoms with E-state index < -0.39 is 24.2 Å². The van der Waals surface area contributed by atoms with Crippen LogP contribution in [-0.2, 0) is 9.53 Å². The predicted octanol–water partition coefficient (Wildman–Crippen LogP) is 2.85. The molecule has 1 fully saturated rings. The van der Waals surface area contributed by atoms with Crippen LogP contribution in [0.1, 0.15) is 29.9 Å². The van der Waals surface area contributed by atoms with E-state index in [9.17, 15) is 14.7 Å². The molecule has 0 saturated carbocycles. The van der Waals surface area contributed by atoms with E-state index >= 15 is 0 Å². The number of fused-ring (bicyclic) bond motifs is 3. The van der Waals surface area contributed by atoms with Crippen LogP contribution in [0.25, 0.3) is 11.1 Å². The second-order valence-corrected chi connectivity index (χ2v) is 7.10. The number of nitrogens with zero attached hydrogens (tertiary/aromatic N) is 1. The van der Waals surface area contributed by atoms with E-state index in [4.69, 9.17) is 9.84 Å². The number of carboxylic acids is 1. The molecule has 0 aromatic heterocycles. The van der Waals surface area contributed by atoms with Crippen molar-refractivity contribution in [3.05, 3.63) is 59.7 Å². The van der Waals surface area contributed by atoms with E-state index in [0.29, 0.717) is 0 Å². The van der Waals surface area contributed by atoms with Crippen molar-refractivity contribution in [3.63, 3.8) is 0 Å². The van der Waals surface area contributed by atoms with Crippen molar-refractivity contribution in [2.75, 3.05) is 13.2 Å². The molecule has 1 unspecified atom stereocenters. The molecule has 0 bridgehead atoms. The van der Waals surface area contributed by atoms with Crippen molar-refractivity contribution < 1.29 is 24.5 Å². The maximum atomic E-state index is 12.6. The molecule has 1 aliphatic heterocycles. The number of carbonyl (C=O) groups is 2. The summed E-state index contributed by atoms with van der Waals surface area (Å²) < 4.78 is 5.57. The van der Waals surface area contributed by atoms with Crippen molar-refractivity contribution in [2.45, 2.75) is 30.9 Å². The highest BCUT2D eigenvalue weighted by Gasteiger charge is 2.37. The molecule has 1 amide bonds. The maximum absolute atomic E-state index is 12.6. The van der Waals surface area contributed by atoms with Crippen LogP contribution in [0.15, 0.2) is 48.5 Å². The fourth-order valence-corrected chi connectivity index (χ4v) is 4.19. The van der Waals surface area contributed by atoms with Gasteiger partial charge in [0.1, 0.15) is 6.61 Å². The maximum Gasteiger partial charge on any atom is 0.410 e. The fraction of sp³-hybridized carbons (Fsp3) is 0.333. The summed E-state index contributed by atoms with van der Waals surface area (Å²) in [6, 6.07) is 15.6. The Hall–Kier alpha value is -2.86. The Morgan fingerprint density at radius 2 is 1.63 bits per heavy atom. The molecule has 2 N–H and O–H groups in total. The number of β-amino-alcohol motifs (C(OH)–C–C–N with tert-alkyl or cyclic N) is 1. The van der Waals surface area contributed by atoms with E-state index in [1.807, 2.05) is 36.4 Å². The second-order valence-electron chi connectivity index (χ2n) is 7.10. The Bertz CT molecular complexity index is 835. The monoisotopic (exact) mass is 367 g/mol. The number of rotatable bonds is 4. The van der Waals surface area contributed by atoms with Gasteiger partial charge in [0.25, 0.3) is 0 Å². The number of aliphatic carboxylic acids is 1. The molecule has 27 heavy (non-hydrogen) atoms. The summed E-state index contributed by atoms with van der Waals surface area (Å²) in [6.45, 7) is 0.286. The summed E-state index contributed by atoms with van der Waals surface area (Å²) in [5.41, 5.74) is 4.54. The molecule has 2 aliphatic rings. The molecule has 1 saturated heterocycles. The minimum absolute atomic E-state index is 0.0493. The molecule has 6 heteroatoms. The molecule has 1 heterocycles. The van der Waals surface area contributed by atoms with Crippen molar-refractivity contribution >= 4 is 12.1 Å². The Morgan fingerprint density at radius 1 is 1.04 bits per heavy atom. The number of carbonyl (C=O) groups excluding carboxylic acids is 1. The van der Waals surface area contributed by atoms with Gasteiger partial charge in [-0.25, -0.2) is 4.79 Å². The normalized spacial score (nSPS) is 21.0. The molecule has 2 aromatic rings.